The molecule has 1 aromatic rings. The van der Waals surface area contributed by atoms with Crippen LogP contribution in [0.5, 0.6) is 0 Å². The van der Waals surface area contributed by atoms with E-state index in [1.54, 1.807) is 0 Å². The lowest BCUT2D eigenvalue weighted by molar-refractivity contribution is -0.118. The molecule has 0 spiro atoms. The second-order valence-corrected chi connectivity index (χ2v) is 8.29. The minimum absolute atomic E-state index is 0.0115. The van der Waals surface area contributed by atoms with Gasteiger partial charge >= 0.3 is 0 Å². The predicted molar refractivity (Wildman–Crippen MR) is 81.3 cm³/mol. The van der Waals surface area contributed by atoms with Crippen molar-refractivity contribution in [3.8, 4) is 0 Å². The second kappa shape index (κ2) is 7.17. The number of hydrogen-bond acceptors (Lipinski definition) is 5. The van der Waals surface area contributed by atoms with Gasteiger partial charge in [0.05, 0.1) is 22.9 Å². The third kappa shape index (κ3) is 5.58. The van der Waals surface area contributed by atoms with Gasteiger partial charge < -0.3 is 0 Å². The molecule has 20 heavy (non-hydrogen) atoms. The van der Waals surface area contributed by atoms with Crippen LogP contribution in [-0.2, 0) is 21.2 Å². The van der Waals surface area contributed by atoms with E-state index in [1.165, 1.54) is 11.3 Å². The van der Waals surface area contributed by atoms with Crippen molar-refractivity contribution in [3.63, 3.8) is 0 Å². The molecular weight excluding hydrogens is 296 g/mol. The zero-order valence-electron chi connectivity index (χ0n) is 12.4. The second-order valence-electron chi connectivity index (χ2n) is 5.11. The molecule has 0 saturated carbocycles. The van der Waals surface area contributed by atoms with Crippen LogP contribution in [0.25, 0.3) is 0 Å². The van der Waals surface area contributed by atoms with Crippen LogP contribution in [0, 0.1) is 19.8 Å². The van der Waals surface area contributed by atoms with E-state index in [4.69, 9.17) is 0 Å². The number of rotatable bonds is 7. The van der Waals surface area contributed by atoms with Gasteiger partial charge in [0.15, 0.2) is 0 Å². The number of nitrogens with zero attached hydrogens (tertiary/aromatic N) is 1. The van der Waals surface area contributed by atoms with Gasteiger partial charge in [-0.25, -0.2) is 13.4 Å². The normalized spacial score (nSPS) is 13.2. The molecule has 0 radical (unpaired) electrons. The molecule has 0 aliphatic carbocycles. The topological polar surface area (TPSA) is 76.1 Å². The number of nitrogens with one attached hydrogen (secondary N) is 1. The van der Waals surface area contributed by atoms with E-state index in [1.807, 2.05) is 27.7 Å². The standard InChI is InChI=1S/C13H22N2O3S2/c1-5-6-9(2)8-20(17,18)15-13(16)7-12-10(3)19-11(4)14-12/h9H,5-8H2,1-4H3,(H,15,16). The zero-order valence-corrected chi connectivity index (χ0v) is 14.0. The Morgan fingerprint density at radius 2 is 2.05 bits per heavy atom. The van der Waals surface area contributed by atoms with E-state index in [-0.39, 0.29) is 18.1 Å². The van der Waals surface area contributed by atoms with Gasteiger partial charge in [-0.15, -0.1) is 11.3 Å². The predicted octanol–water partition coefficient (Wildman–Crippen LogP) is 2.18. The van der Waals surface area contributed by atoms with Crippen LogP contribution in [0.2, 0.25) is 0 Å². The maximum absolute atomic E-state index is 11.9. The lowest BCUT2D eigenvalue weighted by Crippen LogP contribution is -2.35. The van der Waals surface area contributed by atoms with Crippen LogP contribution in [-0.4, -0.2) is 25.1 Å². The molecule has 0 aromatic carbocycles. The summed E-state index contributed by atoms with van der Waals surface area (Å²) in [6, 6.07) is 0. The number of aryl methyl sites for hydroxylation is 2. The fourth-order valence-electron chi connectivity index (χ4n) is 2.09. The van der Waals surface area contributed by atoms with Crippen LogP contribution in [0.4, 0.5) is 0 Å². The lowest BCUT2D eigenvalue weighted by Gasteiger charge is -2.11. The largest absolute Gasteiger partial charge is 0.274 e. The SMILES string of the molecule is CCCC(C)CS(=O)(=O)NC(=O)Cc1nc(C)sc1C. The summed E-state index contributed by atoms with van der Waals surface area (Å²) < 4.78 is 25.8. The Kier molecular flexibility index (Phi) is 6.13. The molecule has 0 aliphatic heterocycles. The minimum atomic E-state index is -3.55. The summed E-state index contributed by atoms with van der Waals surface area (Å²) in [6.07, 6.45) is 1.78. The first-order valence-corrected chi connectivity index (χ1v) is 9.16. The molecule has 1 rings (SSSR count). The number of hydrogen-bond donors (Lipinski definition) is 1. The van der Waals surface area contributed by atoms with Gasteiger partial charge in [0, 0.05) is 4.88 Å². The third-order valence-corrected chi connectivity index (χ3v) is 5.36. The zero-order chi connectivity index (χ0) is 15.3. The van der Waals surface area contributed by atoms with E-state index in [0.717, 1.165) is 22.7 Å². The van der Waals surface area contributed by atoms with Crippen LogP contribution in [0.3, 0.4) is 0 Å². The first-order valence-electron chi connectivity index (χ1n) is 6.69. The average molecular weight is 318 g/mol. The van der Waals surface area contributed by atoms with Crippen molar-refractivity contribution in [3.05, 3.63) is 15.6 Å². The van der Waals surface area contributed by atoms with Crippen molar-refractivity contribution in [2.45, 2.75) is 47.0 Å². The summed E-state index contributed by atoms with van der Waals surface area (Å²) in [5.41, 5.74) is 0.654. The summed E-state index contributed by atoms with van der Waals surface area (Å²) >= 11 is 1.51. The summed E-state index contributed by atoms with van der Waals surface area (Å²) in [6.45, 7) is 7.63. The van der Waals surface area contributed by atoms with Crippen molar-refractivity contribution in [1.82, 2.24) is 9.71 Å². The lowest BCUT2D eigenvalue weighted by atomic mass is 10.1. The fraction of sp³-hybridized carbons (Fsp3) is 0.692. The first-order chi connectivity index (χ1) is 9.23. The molecule has 114 valence electrons. The van der Waals surface area contributed by atoms with E-state index in [2.05, 4.69) is 9.71 Å². The van der Waals surface area contributed by atoms with E-state index < -0.39 is 15.9 Å². The summed E-state index contributed by atoms with van der Waals surface area (Å²) in [5, 5.41) is 0.879. The average Bonchev–Trinajstić information content (AvgIpc) is 2.55. The Morgan fingerprint density at radius 3 is 2.55 bits per heavy atom. The van der Waals surface area contributed by atoms with E-state index >= 15 is 0 Å². The van der Waals surface area contributed by atoms with Crippen molar-refractivity contribution in [1.29, 1.82) is 0 Å². The van der Waals surface area contributed by atoms with Gasteiger partial charge in [0.1, 0.15) is 0 Å². The number of carbonyl (C=O) groups is 1. The molecule has 1 aromatic heterocycles. The highest BCUT2D eigenvalue weighted by Crippen LogP contribution is 2.16. The summed E-state index contributed by atoms with van der Waals surface area (Å²) in [4.78, 5) is 17.0. The van der Waals surface area contributed by atoms with Gasteiger partial charge in [0.25, 0.3) is 0 Å². The first kappa shape index (κ1) is 17.1. The van der Waals surface area contributed by atoms with Gasteiger partial charge in [-0.2, -0.15) is 0 Å². The monoisotopic (exact) mass is 318 g/mol. The molecule has 0 saturated heterocycles. The van der Waals surface area contributed by atoms with Crippen LogP contribution in [0.15, 0.2) is 0 Å². The van der Waals surface area contributed by atoms with Gasteiger partial charge in [0.2, 0.25) is 15.9 Å². The summed E-state index contributed by atoms with van der Waals surface area (Å²) in [7, 11) is -3.55. The van der Waals surface area contributed by atoms with Crippen LogP contribution >= 0.6 is 11.3 Å². The number of carbonyl (C=O) groups excluding carboxylic acids is 1. The Balaban J connectivity index is 2.59. The smallest absolute Gasteiger partial charge is 0.239 e. The van der Waals surface area contributed by atoms with E-state index in [9.17, 15) is 13.2 Å². The highest BCUT2D eigenvalue weighted by atomic mass is 32.2. The number of thiazole rings is 1. The molecule has 1 unspecified atom stereocenters. The molecule has 5 nitrogen and oxygen atoms in total. The van der Waals surface area contributed by atoms with Crippen molar-refractivity contribution < 1.29 is 13.2 Å². The Hall–Kier alpha value is -0.950. The molecular formula is C13H22N2O3S2. The number of aromatic nitrogens is 1. The Labute approximate surface area is 124 Å². The molecule has 0 fully saturated rings. The van der Waals surface area contributed by atoms with Crippen LogP contribution < -0.4 is 4.72 Å². The molecule has 7 heteroatoms. The van der Waals surface area contributed by atoms with E-state index in [0.29, 0.717) is 5.69 Å². The molecule has 1 heterocycles. The van der Waals surface area contributed by atoms with Crippen molar-refractivity contribution >= 4 is 27.3 Å². The van der Waals surface area contributed by atoms with Crippen molar-refractivity contribution in [2.24, 2.45) is 5.92 Å². The fourth-order valence-corrected chi connectivity index (χ4v) is 4.34. The molecule has 1 atom stereocenters. The molecule has 1 N–H and O–H groups in total. The maximum Gasteiger partial charge on any atom is 0.239 e. The van der Waals surface area contributed by atoms with Crippen LogP contribution in [0.1, 0.15) is 42.3 Å². The quantitative estimate of drug-likeness (QED) is 0.836. The van der Waals surface area contributed by atoms with Gasteiger partial charge in [-0.3, -0.25) is 9.52 Å². The Morgan fingerprint density at radius 1 is 1.40 bits per heavy atom. The highest BCUT2D eigenvalue weighted by molar-refractivity contribution is 7.90. The molecule has 0 aliphatic rings. The van der Waals surface area contributed by atoms with Gasteiger partial charge in [-0.05, 0) is 26.2 Å². The number of sulfonamides is 1. The molecule has 0 bridgehead atoms. The number of amides is 1. The molecule has 1 amide bonds. The van der Waals surface area contributed by atoms with Crippen molar-refractivity contribution in [2.75, 3.05) is 5.75 Å². The van der Waals surface area contributed by atoms with Gasteiger partial charge in [-0.1, -0.05) is 20.3 Å². The maximum atomic E-state index is 11.9. The summed E-state index contributed by atoms with van der Waals surface area (Å²) in [5.74, 6) is -0.475. The highest BCUT2D eigenvalue weighted by Gasteiger charge is 2.19. The Bertz CT molecular complexity index is 564. The third-order valence-electron chi connectivity index (χ3n) is 2.88. The minimum Gasteiger partial charge on any atom is -0.274 e.